The van der Waals surface area contributed by atoms with E-state index < -0.39 is 74.0 Å². The fourth-order valence-electron chi connectivity index (χ4n) is 9.29. The smallest absolute Gasteiger partial charge is 0.335 e. The largest absolute Gasteiger partial charge is 0.479 e. The van der Waals surface area contributed by atoms with Crippen LogP contribution in [0.15, 0.2) is 128 Å². The van der Waals surface area contributed by atoms with E-state index in [0.717, 1.165) is 74.0 Å². The molecule has 0 amide bonds. The van der Waals surface area contributed by atoms with Crippen molar-refractivity contribution in [3.05, 3.63) is 118 Å². The van der Waals surface area contributed by atoms with Gasteiger partial charge in [-0.15, -0.1) is 24.8 Å². The molecule has 0 saturated carbocycles. The SMILES string of the molecule is CCCCCCCCN=c1ccn(CCCCCCCCCCn2ccc(=NCCCCCCCC)cc2)cc1.Cl.Cl.NC(=NCCCCCCN=C(N)N=C(N)Nc1ccc(Cl)cc1)N=C(N)Nc1ccc(Cl)cc1.O=C(O)[C@H](O)[C@@H](O)[C@H](O)[C@H](O)CO.O=C(O)[C@H](O)[C@@H](O)[C@H](O)[C@H](O)CO. The number of benzene rings is 2. The van der Waals surface area contributed by atoms with Crippen LogP contribution in [0.5, 0.6) is 0 Å². The lowest BCUT2D eigenvalue weighted by molar-refractivity contribution is -0.164. The van der Waals surface area contributed by atoms with Crippen molar-refractivity contribution in [2.75, 3.05) is 50.0 Å². The van der Waals surface area contributed by atoms with Gasteiger partial charge >= 0.3 is 11.9 Å². The summed E-state index contributed by atoms with van der Waals surface area (Å²) in [7, 11) is 0. The number of aryl methyl sites for hydroxylation is 2. The van der Waals surface area contributed by atoms with Crippen molar-refractivity contribution in [1.82, 2.24) is 9.13 Å². The molecule has 4 rings (SSSR count). The zero-order valence-corrected chi connectivity index (χ0v) is 62.3. The molecule has 0 saturated heterocycles. The molecule has 2 heterocycles. The number of carboxylic acids is 2. The molecule has 22 N–H and O–H groups in total. The third kappa shape index (κ3) is 49.2. The van der Waals surface area contributed by atoms with Crippen molar-refractivity contribution in [2.24, 2.45) is 52.9 Å². The number of aliphatic carboxylic acids is 2. The maximum absolute atomic E-state index is 10.1. The summed E-state index contributed by atoms with van der Waals surface area (Å²) in [5, 5.41) is 113. The number of aliphatic hydroxyl groups is 10. The van der Waals surface area contributed by atoms with E-state index in [-0.39, 0.29) is 48.7 Å². The standard InChI is InChI=1S/C36H62N4.C22H30Cl2N10.2C6H12O7.2ClH/c1-3-5-7-9-15-19-27-37-35-23-31-39(32-24-35)29-21-17-13-11-12-14-18-22-30-40-33-25-36(26-34-40)38-28-20-16-10-8-6-4-2;23-15-5-9-17(10-6-15)31-21(27)33-19(25)29-13-3-1-2-4-14-30-20(26)34-22(28)32-18-11-7-16(24)8-12-18;2*7-1-2(8)3(9)4(10)5(11)6(12)13;;/h23-26,31-34H,3-22,27-30H2,1-2H3;5-12H,1-4,13-14H2,(H5,25,27,29,31,33)(H5,26,28,30,32,34);2*2-5,7-11H,1H2,(H,12,13);2*1H/t;;2*2-,3-,4+,5-;;/m..11../s1. The predicted octanol–water partition coefficient (Wildman–Crippen LogP) is 6.83. The highest BCUT2D eigenvalue weighted by molar-refractivity contribution is 6.31. The second-order valence-corrected chi connectivity index (χ2v) is 24.8. The molecule has 0 spiro atoms. The third-order valence-electron chi connectivity index (χ3n) is 15.3. The molecule has 8 atom stereocenters. The average Bonchev–Trinajstić information content (AvgIpc) is 0.896. The van der Waals surface area contributed by atoms with Gasteiger partial charge in [-0.3, -0.25) is 20.0 Å². The maximum Gasteiger partial charge on any atom is 0.335 e. The summed E-state index contributed by atoms with van der Waals surface area (Å²) >= 11 is 11.7. The van der Waals surface area contributed by atoms with E-state index in [0.29, 0.717) is 23.1 Å². The van der Waals surface area contributed by atoms with Gasteiger partial charge in [-0.1, -0.05) is 153 Å². The number of nitrogens with one attached hydrogen (secondary N) is 2. The normalized spacial score (nSPS) is 13.9. The topological polar surface area (TPSA) is 489 Å². The Morgan fingerprint density at radius 3 is 0.971 bits per heavy atom. The van der Waals surface area contributed by atoms with Crippen LogP contribution in [0.25, 0.3) is 0 Å². The Morgan fingerprint density at radius 2 is 0.686 bits per heavy atom. The highest BCUT2D eigenvalue weighted by Crippen LogP contribution is 2.16. The van der Waals surface area contributed by atoms with E-state index in [1.54, 1.807) is 48.5 Å². The van der Waals surface area contributed by atoms with Crippen LogP contribution in [0, 0.1) is 0 Å². The lowest BCUT2D eigenvalue weighted by Crippen LogP contribution is -2.48. The highest BCUT2D eigenvalue weighted by atomic mass is 35.5. The number of carbonyl (C=O) groups is 2. The van der Waals surface area contributed by atoms with E-state index >= 15 is 0 Å². The van der Waals surface area contributed by atoms with Crippen LogP contribution in [0.4, 0.5) is 11.4 Å². The molecule has 28 nitrogen and oxygen atoms in total. The van der Waals surface area contributed by atoms with Gasteiger partial charge < -0.3 is 104 Å². The van der Waals surface area contributed by atoms with Crippen molar-refractivity contribution in [1.29, 1.82) is 0 Å². The summed E-state index contributed by atoms with van der Waals surface area (Å²) < 4.78 is 4.63. The van der Waals surface area contributed by atoms with Gasteiger partial charge in [0, 0.05) is 85.5 Å². The first-order valence-electron chi connectivity index (χ1n) is 34.7. The summed E-state index contributed by atoms with van der Waals surface area (Å²) in [4.78, 5) is 46.1. The predicted molar refractivity (Wildman–Crippen MR) is 410 cm³/mol. The van der Waals surface area contributed by atoms with Crippen LogP contribution in [0.1, 0.15) is 168 Å². The molecule has 0 radical (unpaired) electrons. The van der Waals surface area contributed by atoms with Crippen LogP contribution in [-0.2, 0) is 22.7 Å². The van der Waals surface area contributed by atoms with Crippen molar-refractivity contribution >= 4 is 95.2 Å². The Hall–Kier alpha value is -6.48. The number of aliphatic hydroxyl groups excluding tert-OH is 10. The lowest BCUT2D eigenvalue weighted by atomic mass is 10.0. The molecular weight excluding hydrogens is 1400 g/mol. The van der Waals surface area contributed by atoms with Gasteiger partial charge in [-0.05, 0) is 111 Å². The molecule has 0 aliphatic rings. The molecule has 0 aliphatic carbocycles. The number of guanidine groups is 4. The van der Waals surface area contributed by atoms with Gasteiger partial charge in [0.25, 0.3) is 0 Å². The quantitative estimate of drug-likeness (QED) is 0.0123. The summed E-state index contributed by atoms with van der Waals surface area (Å²) in [5.74, 6) is -2.89. The number of rotatable bonds is 44. The molecule has 0 fully saturated rings. The molecule has 2 aromatic heterocycles. The Morgan fingerprint density at radius 1 is 0.412 bits per heavy atom. The summed E-state index contributed by atoms with van der Waals surface area (Å²) in [6, 6.07) is 22.8. The van der Waals surface area contributed by atoms with E-state index in [9.17, 15) is 9.59 Å². The number of aliphatic imine (C=N–C) groups is 4. The second-order valence-electron chi connectivity index (χ2n) is 23.9. The van der Waals surface area contributed by atoms with Gasteiger partial charge in [-0.2, -0.15) is 9.98 Å². The zero-order chi connectivity index (χ0) is 74.3. The molecular formula is C70H118Cl4N14O14. The minimum absolute atomic E-state index is 0. The fraction of sp³-hybridized carbons (Fsp3) is 0.600. The number of hydrogen-bond donors (Lipinski definition) is 18. The minimum Gasteiger partial charge on any atom is -0.479 e. The van der Waals surface area contributed by atoms with Gasteiger partial charge in [-0.25, -0.2) is 9.59 Å². The number of nitrogens with zero attached hydrogens (tertiary/aromatic N) is 8. The molecule has 0 aliphatic heterocycles. The van der Waals surface area contributed by atoms with Crippen molar-refractivity contribution in [3.63, 3.8) is 0 Å². The van der Waals surface area contributed by atoms with Gasteiger partial charge in [0.05, 0.1) is 23.9 Å². The molecule has 0 unspecified atom stereocenters. The average molecular weight is 1520 g/mol. The third-order valence-corrected chi connectivity index (χ3v) is 15.8. The van der Waals surface area contributed by atoms with Crippen molar-refractivity contribution in [3.8, 4) is 0 Å². The number of aromatic nitrogens is 2. The Kier molecular flexibility index (Phi) is 59.3. The maximum atomic E-state index is 10.1. The monoisotopic (exact) mass is 1520 g/mol. The van der Waals surface area contributed by atoms with E-state index in [4.69, 9.17) is 117 Å². The van der Waals surface area contributed by atoms with Crippen LogP contribution in [-0.4, -0.2) is 194 Å². The number of halogens is 4. The van der Waals surface area contributed by atoms with E-state index in [2.05, 4.69) is 103 Å². The highest BCUT2D eigenvalue weighted by Gasteiger charge is 2.35. The lowest BCUT2D eigenvalue weighted by Gasteiger charge is -2.23. The Bertz CT molecular complexity index is 2820. The second kappa shape index (κ2) is 61.9. The van der Waals surface area contributed by atoms with Gasteiger partial charge in [0.15, 0.2) is 12.2 Å². The van der Waals surface area contributed by atoms with Gasteiger partial charge in [0.2, 0.25) is 23.8 Å². The first kappa shape index (κ1) is 97.6. The van der Waals surface area contributed by atoms with Crippen LogP contribution >= 0.6 is 48.0 Å². The molecule has 32 heteroatoms. The van der Waals surface area contributed by atoms with Crippen LogP contribution < -0.4 is 44.3 Å². The first-order valence-corrected chi connectivity index (χ1v) is 35.5. The molecule has 0 bridgehead atoms. The number of anilines is 2. The summed E-state index contributed by atoms with van der Waals surface area (Å²) in [6.45, 7) is 8.17. The number of carboxylic acid groups (broad SMARTS) is 2. The summed E-state index contributed by atoms with van der Waals surface area (Å²) in [5.41, 5.74) is 24.8. The summed E-state index contributed by atoms with van der Waals surface area (Å²) in [6.07, 6.45) is 23.5. The fourth-order valence-corrected chi connectivity index (χ4v) is 9.55. The number of pyridine rings is 2. The van der Waals surface area contributed by atoms with Crippen molar-refractivity contribution < 1.29 is 70.9 Å². The minimum atomic E-state index is -2.20. The van der Waals surface area contributed by atoms with Crippen molar-refractivity contribution in [2.45, 2.75) is 230 Å². The number of unbranched alkanes of at least 4 members (excludes halogenated alkanes) is 20. The Labute approximate surface area is 623 Å². The Balaban J connectivity index is 0. The molecule has 580 valence electrons. The first-order chi connectivity index (χ1) is 48.0. The van der Waals surface area contributed by atoms with Gasteiger partial charge in [0.1, 0.15) is 36.6 Å². The number of nitrogens with two attached hydrogens (primary N) is 4. The molecule has 102 heavy (non-hydrogen) atoms. The van der Waals surface area contributed by atoms with E-state index in [1.165, 1.54) is 128 Å². The zero-order valence-electron chi connectivity index (χ0n) is 59.1. The van der Waals surface area contributed by atoms with Crippen LogP contribution in [0.3, 0.4) is 0 Å². The van der Waals surface area contributed by atoms with Crippen LogP contribution in [0.2, 0.25) is 10.0 Å². The molecule has 2 aromatic carbocycles. The molecule has 4 aromatic rings. The van der Waals surface area contributed by atoms with E-state index in [1.807, 2.05) is 0 Å². The number of hydrogen-bond acceptors (Lipinski definition) is 16.